The number of ether oxygens (including phenoxy) is 1. The molecule has 3 nitrogen and oxygen atoms in total. The maximum Gasteiger partial charge on any atom is 0.141 e. The van der Waals surface area contributed by atoms with E-state index in [1.54, 1.807) is 7.11 Å². The quantitative estimate of drug-likeness (QED) is 0.886. The molecule has 0 aromatic heterocycles. The predicted octanol–water partition coefficient (Wildman–Crippen LogP) is 2.76. The van der Waals surface area contributed by atoms with Crippen molar-refractivity contribution in [1.82, 2.24) is 4.90 Å². The highest BCUT2D eigenvalue weighted by Gasteiger charge is 2.16. The van der Waals surface area contributed by atoms with Gasteiger partial charge in [0.2, 0.25) is 0 Å². The van der Waals surface area contributed by atoms with Crippen LogP contribution >= 0.6 is 0 Å². The minimum Gasteiger partial charge on any atom is -0.495 e. The molecule has 1 aromatic carbocycles. The molecule has 0 bridgehead atoms. The zero-order valence-electron chi connectivity index (χ0n) is 11.7. The Kier molecular flexibility index (Phi) is 4.48. The molecule has 1 heterocycles. The van der Waals surface area contributed by atoms with Gasteiger partial charge in [-0.15, -0.1) is 0 Å². The summed E-state index contributed by atoms with van der Waals surface area (Å²) < 4.78 is 5.39. The normalized spacial score (nSPS) is 17.7. The van der Waals surface area contributed by atoms with Gasteiger partial charge in [-0.2, -0.15) is 0 Å². The third kappa shape index (κ3) is 3.39. The number of hydrogen-bond donors (Lipinski definition) is 1. The number of rotatable bonds is 4. The van der Waals surface area contributed by atoms with Gasteiger partial charge in [0.15, 0.2) is 0 Å². The number of piperidine rings is 1. The van der Waals surface area contributed by atoms with E-state index in [0.29, 0.717) is 0 Å². The molecule has 1 aliphatic heterocycles. The van der Waals surface area contributed by atoms with Gasteiger partial charge >= 0.3 is 0 Å². The SMILES string of the molecule is COc1ccc(C)cc1NCC1CCN(C)CC1. The molecule has 2 rings (SSSR count). The first-order valence-corrected chi connectivity index (χ1v) is 6.76. The van der Waals surface area contributed by atoms with Crippen LogP contribution in [0.2, 0.25) is 0 Å². The molecule has 0 saturated carbocycles. The number of hydrogen-bond acceptors (Lipinski definition) is 3. The Morgan fingerprint density at radius 2 is 2.06 bits per heavy atom. The largest absolute Gasteiger partial charge is 0.495 e. The molecule has 0 amide bonds. The number of anilines is 1. The minimum absolute atomic E-state index is 0.784. The molecular weight excluding hydrogens is 224 g/mol. The van der Waals surface area contributed by atoms with E-state index in [0.717, 1.165) is 23.9 Å². The summed E-state index contributed by atoms with van der Waals surface area (Å²) in [6.07, 6.45) is 2.58. The summed E-state index contributed by atoms with van der Waals surface area (Å²) in [6.45, 7) is 5.60. The van der Waals surface area contributed by atoms with Crippen molar-refractivity contribution in [3.05, 3.63) is 23.8 Å². The molecule has 18 heavy (non-hydrogen) atoms. The van der Waals surface area contributed by atoms with Crippen molar-refractivity contribution < 1.29 is 4.74 Å². The van der Waals surface area contributed by atoms with Gasteiger partial charge < -0.3 is 15.0 Å². The molecule has 1 saturated heterocycles. The van der Waals surface area contributed by atoms with Crippen LogP contribution in [0.1, 0.15) is 18.4 Å². The number of nitrogens with one attached hydrogen (secondary N) is 1. The smallest absolute Gasteiger partial charge is 0.141 e. The van der Waals surface area contributed by atoms with Crippen LogP contribution in [0.4, 0.5) is 5.69 Å². The van der Waals surface area contributed by atoms with E-state index in [2.05, 4.69) is 36.3 Å². The number of aryl methyl sites for hydroxylation is 1. The van der Waals surface area contributed by atoms with E-state index >= 15 is 0 Å². The standard InChI is InChI=1S/C15H24N2O/c1-12-4-5-15(18-3)14(10-12)16-11-13-6-8-17(2)9-7-13/h4-5,10,13,16H,6-9,11H2,1-3H3. The first kappa shape index (κ1) is 13.2. The first-order chi connectivity index (χ1) is 8.69. The summed E-state index contributed by atoms with van der Waals surface area (Å²) in [6, 6.07) is 6.28. The van der Waals surface area contributed by atoms with Crippen LogP contribution in [0.15, 0.2) is 18.2 Å². The Bertz CT molecular complexity index is 384. The summed E-state index contributed by atoms with van der Waals surface area (Å²) in [5, 5.41) is 3.55. The highest BCUT2D eigenvalue weighted by Crippen LogP contribution is 2.26. The van der Waals surface area contributed by atoms with E-state index in [4.69, 9.17) is 4.74 Å². The maximum absolute atomic E-state index is 5.39. The van der Waals surface area contributed by atoms with Crippen LogP contribution in [0, 0.1) is 12.8 Å². The molecule has 3 heteroatoms. The number of nitrogens with zero attached hydrogens (tertiary/aromatic N) is 1. The van der Waals surface area contributed by atoms with E-state index in [9.17, 15) is 0 Å². The average molecular weight is 248 g/mol. The molecule has 0 radical (unpaired) electrons. The summed E-state index contributed by atoms with van der Waals surface area (Å²) in [4.78, 5) is 2.41. The van der Waals surface area contributed by atoms with E-state index in [1.807, 2.05) is 6.07 Å². The fraction of sp³-hybridized carbons (Fsp3) is 0.600. The summed E-state index contributed by atoms with van der Waals surface area (Å²) in [5.74, 6) is 1.72. The van der Waals surface area contributed by atoms with E-state index in [-0.39, 0.29) is 0 Å². The number of likely N-dealkylation sites (tertiary alicyclic amines) is 1. The van der Waals surface area contributed by atoms with Crippen molar-refractivity contribution in [2.45, 2.75) is 19.8 Å². The van der Waals surface area contributed by atoms with Crippen LogP contribution in [0.3, 0.4) is 0 Å². The van der Waals surface area contributed by atoms with Crippen LogP contribution in [-0.4, -0.2) is 38.7 Å². The second-order valence-electron chi connectivity index (χ2n) is 5.33. The summed E-state index contributed by atoms with van der Waals surface area (Å²) >= 11 is 0. The molecule has 1 fully saturated rings. The molecule has 0 atom stereocenters. The molecule has 1 N–H and O–H groups in total. The molecule has 0 unspecified atom stereocenters. The van der Waals surface area contributed by atoms with Crippen molar-refractivity contribution in [3.63, 3.8) is 0 Å². The molecule has 0 spiro atoms. The fourth-order valence-corrected chi connectivity index (χ4v) is 2.48. The fourth-order valence-electron chi connectivity index (χ4n) is 2.48. The Labute approximate surface area is 110 Å². The van der Waals surface area contributed by atoms with Gasteiger partial charge in [-0.1, -0.05) is 6.07 Å². The molecular formula is C15H24N2O. The van der Waals surface area contributed by atoms with Crippen LogP contribution in [0.25, 0.3) is 0 Å². The van der Waals surface area contributed by atoms with Gasteiger partial charge in [0, 0.05) is 6.54 Å². The predicted molar refractivity (Wildman–Crippen MR) is 76.4 cm³/mol. The lowest BCUT2D eigenvalue weighted by Crippen LogP contribution is -2.33. The van der Waals surface area contributed by atoms with Crippen molar-refractivity contribution in [2.24, 2.45) is 5.92 Å². The van der Waals surface area contributed by atoms with Crippen molar-refractivity contribution in [1.29, 1.82) is 0 Å². The topological polar surface area (TPSA) is 24.5 Å². The molecule has 1 aromatic rings. The molecule has 0 aliphatic carbocycles. The lowest BCUT2D eigenvalue weighted by atomic mass is 9.97. The second kappa shape index (κ2) is 6.10. The number of benzene rings is 1. The van der Waals surface area contributed by atoms with E-state index in [1.165, 1.54) is 31.5 Å². The highest BCUT2D eigenvalue weighted by molar-refractivity contribution is 5.57. The second-order valence-corrected chi connectivity index (χ2v) is 5.33. The zero-order chi connectivity index (χ0) is 13.0. The molecule has 1 aliphatic rings. The lowest BCUT2D eigenvalue weighted by Gasteiger charge is -2.29. The summed E-state index contributed by atoms with van der Waals surface area (Å²) in [7, 11) is 3.93. The third-order valence-corrected chi connectivity index (χ3v) is 3.77. The van der Waals surface area contributed by atoms with Gasteiger partial charge in [0.05, 0.1) is 12.8 Å². The number of methoxy groups -OCH3 is 1. The summed E-state index contributed by atoms with van der Waals surface area (Å²) in [5.41, 5.74) is 2.39. The first-order valence-electron chi connectivity index (χ1n) is 6.76. The average Bonchev–Trinajstić information content (AvgIpc) is 2.38. The Balaban J connectivity index is 1.91. The third-order valence-electron chi connectivity index (χ3n) is 3.77. The Hall–Kier alpha value is -1.22. The van der Waals surface area contributed by atoms with Gasteiger partial charge in [0.25, 0.3) is 0 Å². The van der Waals surface area contributed by atoms with Crippen molar-refractivity contribution in [2.75, 3.05) is 39.1 Å². The van der Waals surface area contributed by atoms with E-state index < -0.39 is 0 Å². The highest BCUT2D eigenvalue weighted by atomic mass is 16.5. The maximum atomic E-state index is 5.39. The van der Waals surface area contributed by atoms with Gasteiger partial charge in [-0.25, -0.2) is 0 Å². The van der Waals surface area contributed by atoms with Gasteiger partial charge in [-0.3, -0.25) is 0 Å². The zero-order valence-corrected chi connectivity index (χ0v) is 11.7. The van der Waals surface area contributed by atoms with Crippen molar-refractivity contribution in [3.8, 4) is 5.75 Å². The van der Waals surface area contributed by atoms with Crippen molar-refractivity contribution >= 4 is 5.69 Å². The van der Waals surface area contributed by atoms with Crippen LogP contribution < -0.4 is 10.1 Å². The monoisotopic (exact) mass is 248 g/mol. The Morgan fingerprint density at radius 3 is 2.72 bits per heavy atom. The van der Waals surface area contributed by atoms with Gasteiger partial charge in [-0.05, 0) is 63.5 Å². The molecule has 100 valence electrons. The van der Waals surface area contributed by atoms with Gasteiger partial charge in [0.1, 0.15) is 5.75 Å². The lowest BCUT2D eigenvalue weighted by molar-refractivity contribution is 0.226. The Morgan fingerprint density at radius 1 is 1.33 bits per heavy atom. The van der Waals surface area contributed by atoms with Crippen LogP contribution in [0.5, 0.6) is 5.75 Å². The minimum atomic E-state index is 0.784. The van der Waals surface area contributed by atoms with Crippen LogP contribution in [-0.2, 0) is 0 Å².